The van der Waals surface area contributed by atoms with E-state index in [1.54, 1.807) is 6.92 Å². The molecule has 2 aromatic rings. The summed E-state index contributed by atoms with van der Waals surface area (Å²) in [7, 11) is 0. The molecule has 116 valence electrons. The van der Waals surface area contributed by atoms with Gasteiger partial charge in [0.2, 0.25) is 0 Å². The molecule has 1 atom stereocenters. The lowest BCUT2D eigenvalue weighted by atomic mass is 10.0. The quantitative estimate of drug-likeness (QED) is 0.849. The molecule has 1 aliphatic heterocycles. The summed E-state index contributed by atoms with van der Waals surface area (Å²) >= 11 is 1.94. The molecule has 1 unspecified atom stereocenters. The topological polar surface area (TPSA) is 46.3 Å². The number of carbonyl (C=O) groups excluding carboxylic acids is 1. The Bertz CT molecular complexity index is 668. The lowest BCUT2D eigenvalue weighted by Crippen LogP contribution is -2.33. The second kappa shape index (κ2) is 6.57. The van der Waals surface area contributed by atoms with Crippen molar-refractivity contribution in [3.63, 3.8) is 0 Å². The number of rotatable bonds is 2. The summed E-state index contributed by atoms with van der Waals surface area (Å²) < 4.78 is 5.01. The summed E-state index contributed by atoms with van der Waals surface area (Å²) in [6, 6.07) is 8.53. The number of aryl methyl sites for hydroxylation is 2. The van der Waals surface area contributed by atoms with Gasteiger partial charge in [0.05, 0.1) is 6.20 Å². The molecular formula is C17H20N2O2S. The van der Waals surface area contributed by atoms with E-state index in [1.807, 2.05) is 16.7 Å². The number of nitrogens with zero attached hydrogens (tertiary/aromatic N) is 2. The van der Waals surface area contributed by atoms with Crippen LogP contribution in [0.4, 0.5) is 0 Å². The molecule has 1 aromatic carbocycles. The number of hydrogen-bond acceptors (Lipinski definition) is 4. The zero-order valence-electron chi connectivity index (χ0n) is 12.9. The first-order valence-electron chi connectivity index (χ1n) is 7.54. The van der Waals surface area contributed by atoms with Crippen LogP contribution in [0.15, 0.2) is 35.0 Å². The Morgan fingerprint density at radius 1 is 1.32 bits per heavy atom. The smallest absolute Gasteiger partial charge is 0.259 e. The summed E-state index contributed by atoms with van der Waals surface area (Å²) in [5.74, 6) is 1.58. The predicted octanol–water partition coefficient (Wildman–Crippen LogP) is 3.61. The number of aromatic nitrogens is 1. The third-order valence-corrected chi connectivity index (χ3v) is 5.46. The Morgan fingerprint density at radius 3 is 2.86 bits per heavy atom. The zero-order chi connectivity index (χ0) is 15.5. The van der Waals surface area contributed by atoms with Crippen molar-refractivity contribution in [1.82, 2.24) is 10.1 Å². The fraction of sp³-hybridized carbons (Fsp3) is 0.412. The number of hydrogen-bond donors (Lipinski definition) is 0. The molecular weight excluding hydrogens is 296 g/mol. The van der Waals surface area contributed by atoms with Gasteiger partial charge in [0.25, 0.3) is 5.91 Å². The minimum atomic E-state index is 0.0322. The van der Waals surface area contributed by atoms with E-state index in [1.165, 1.54) is 17.3 Å². The highest BCUT2D eigenvalue weighted by Gasteiger charge is 2.25. The lowest BCUT2D eigenvalue weighted by molar-refractivity contribution is 0.0765. The van der Waals surface area contributed by atoms with Crippen LogP contribution in [-0.4, -0.2) is 34.8 Å². The molecule has 0 radical (unpaired) electrons. The maximum Gasteiger partial charge on any atom is 0.259 e. The highest BCUT2D eigenvalue weighted by atomic mass is 32.2. The molecule has 22 heavy (non-hydrogen) atoms. The number of amides is 1. The molecule has 5 heteroatoms. The van der Waals surface area contributed by atoms with Crippen LogP contribution in [0.5, 0.6) is 0 Å². The predicted molar refractivity (Wildman–Crippen MR) is 88.1 cm³/mol. The number of benzene rings is 1. The van der Waals surface area contributed by atoms with Crippen LogP contribution in [0.25, 0.3) is 0 Å². The molecule has 1 aliphatic rings. The Morgan fingerprint density at radius 2 is 2.14 bits per heavy atom. The van der Waals surface area contributed by atoms with Crippen molar-refractivity contribution in [3.8, 4) is 0 Å². The summed E-state index contributed by atoms with van der Waals surface area (Å²) in [6.07, 6.45) is 2.50. The number of carbonyl (C=O) groups is 1. The summed E-state index contributed by atoms with van der Waals surface area (Å²) in [6.45, 7) is 5.49. The normalized spacial score (nSPS) is 19.0. The summed E-state index contributed by atoms with van der Waals surface area (Å²) in [4.78, 5) is 14.5. The Labute approximate surface area is 134 Å². The monoisotopic (exact) mass is 316 g/mol. The molecule has 2 heterocycles. The standard InChI is InChI=1S/C17H20N2O2S/c1-12-5-3-4-6-14(12)16-7-8-19(9-10-22-16)17(20)15-11-18-21-13(15)2/h3-6,11,16H,7-10H2,1-2H3. The third kappa shape index (κ3) is 3.04. The second-order valence-corrected chi connectivity index (χ2v) is 6.90. The summed E-state index contributed by atoms with van der Waals surface area (Å²) in [5, 5.41) is 4.17. The van der Waals surface area contributed by atoms with E-state index in [4.69, 9.17) is 4.52 Å². The molecule has 0 aliphatic carbocycles. The van der Waals surface area contributed by atoms with Crippen LogP contribution >= 0.6 is 11.8 Å². The SMILES string of the molecule is Cc1ccccc1C1CCN(C(=O)c2cnoc2C)CCS1. The maximum absolute atomic E-state index is 12.6. The van der Waals surface area contributed by atoms with Crippen molar-refractivity contribution < 1.29 is 9.32 Å². The van der Waals surface area contributed by atoms with Crippen LogP contribution in [0.2, 0.25) is 0 Å². The second-order valence-electron chi connectivity index (χ2n) is 5.59. The molecule has 0 bridgehead atoms. The molecule has 0 spiro atoms. The fourth-order valence-electron chi connectivity index (χ4n) is 2.84. The highest BCUT2D eigenvalue weighted by Crippen LogP contribution is 2.36. The number of thioether (sulfide) groups is 1. The van der Waals surface area contributed by atoms with E-state index in [-0.39, 0.29) is 5.91 Å². The lowest BCUT2D eigenvalue weighted by Gasteiger charge is -2.20. The van der Waals surface area contributed by atoms with Gasteiger partial charge in [-0.2, -0.15) is 11.8 Å². The Hall–Kier alpha value is -1.75. The maximum atomic E-state index is 12.6. The van der Waals surface area contributed by atoms with Gasteiger partial charge in [-0.05, 0) is 31.4 Å². The first-order valence-corrected chi connectivity index (χ1v) is 8.59. The van der Waals surface area contributed by atoms with Crippen molar-refractivity contribution in [3.05, 3.63) is 52.9 Å². The molecule has 1 amide bonds. The van der Waals surface area contributed by atoms with Gasteiger partial charge in [-0.1, -0.05) is 29.4 Å². The highest BCUT2D eigenvalue weighted by molar-refractivity contribution is 7.99. The largest absolute Gasteiger partial charge is 0.361 e. The van der Waals surface area contributed by atoms with Crippen molar-refractivity contribution >= 4 is 17.7 Å². The minimum Gasteiger partial charge on any atom is -0.361 e. The Balaban J connectivity index is 1.72. The van der Waals surface area contributed by atoms with Crippen molar-refractivity contribution in [2.45, 2.75) is 25.5 Å². The van der Waals surface area contributed by atoms with Crippen LogP contribution < -0.4 is 0 Å². The van der Waals surface area contributed by atoms with Gasteiger partial charge < -0.3 is 9.42 Å². The van der Waals surface area contributed by atoms with E-state index >= 15 is 0 Å². The van der Waals surface area contributed by atoms with E-state index < -0.39 is 0 Å². The van der Waals surface area contributed by atoms with E-state index in [9.17, 15) is 4.79 Å². The van der Waals surface area contributed by atoms with Crippen LogP contribution in [-0.2, 0) is 0 Å². The average Bonchev–Trinajstić information content (AvgIpc) is 2.80. The average molecular weight is 316 g/mol. The Kier molecular flexibility index (Phi) is 4.52. The minimum absolute atomic E-state index is 0.0322. The first kappa shape index (κ1) is 15.2. The van der Waals surface area contributed by atoms with E-state index in [0.29, 0.717) is 16.6 Å². The third-order valence-electron chi connectivity index (χ3n) is 4.15. The van der Waals surface area contributed by atoms with Gasteiger partial charge in [-0.25, -0.2) is 0 Å². The van der Waals surface area contributed by atoms with Gasteiger partial charge in [-0.15, -0.1) is 0 Å². The first-order chi connectivity index (χ1) is 10.7. The van der Waals surface area contributed by atoms with Crippen LogP contribution in [0, 0.1) is 13.8 Å². The molecule has 3 rings (SSSR count). The van der Waals surface area contributed by atoms with Gasteiger partial charge in [-0.3, -0.25) is 4.79 Å². The molecule has 0 N–H and O–H groups in total. The zero-order valence-corrected chi connectivity index (χ0v) is 13.7. The fourth-order valence-corrected chi connectivity index (χ4v) is 4.17. The van der Waals surface area contributed by atoms with Gasteiger partial charge >= 0.3 is 0 Å². The molecule has 1 aromatic heterocycles. The van der Waals surface area contributed by atoms with Crippen molar-refractivity contribution in [2.75, 3.05) is 18.8 Å². The van der Waals surface area contributed by atoms with Crippen molar-refractivity contribution in [1.29, 1.82) is 0 Å². The van der Waals surface area contributed by atoms with E-state index in [0.717, 1.165) is 25.3 Å². The van der Waals surface area contributed by atoms with Gasteiger partial charge in [0.1, 0.15) is 11.3 Å². The van der Waals surface area contributed by atoms with Crippen LogP contribution in [0.3, 0.4) is 0 Å². The molecule has 0 saturated carbocycles. The van der Waals surface area contributed by atoms with E-state index in [2.05, 4.69) is 36.3 Å². The van der Waals surface area contributed by atoms with Crippen molar-refractivity contribution in [2.24, 2.45) is 0 Å². The molecule has 1 saturated heterocycles. The van der Waals surface area contributed by atoms with Crippen LogP contribution in [0.1, 0.15) is 38.9 Å². The van der Waals surface area contributed by atoms with Gasteiger partial charge in [0.15, 0.2) is 0 Å². The van der Waals surface area contributed by atoms with Gasteiger partial charge in [0, 0.05) is 24.1 Å². The summed E-state index contributed by atoms with van der Waals surface area (Å²) in [5.41, 5.74) is 3.30. The molecule has 1 fully saturated rings. The molecule has 4 nitrogen and oxygen atoms in total.